The highest BCUT2D eigenvalue weighted by Gasteiger charge is 2.64. The van der Waals surface area contributed by atoms with Gasteiger partial charge in [0.05, 0.1) is 11.8 Å². The van der Waals surface area contributed by atoms with Crippen molar-refractivity contribution < 1.29 is 9.59 Å². The topological polar surface area (TPSA) is 37.4 Å². The average molecular weight is 179 g/mol. The number of rotatable bonds is 0. The molecule has 1 aliphatic heterocycles. The molecule has 0 bridgehead atoms. The fraction of sp³-hybridized carbons (Fsp3) is 0.800. The minimum Gasteiger partial charge on any atom is -0.285 e. The van der Waals surface area contributed by atoms with Crippen molar-refractivity contribution in [1.29, 1.82) is 0 Å². The van der Waals surface area contributed by atoms with Crippen LogP contribution in [0, 0.1) is 23.7 Å². The molecule has 4 atom stereocenters. The predicted molar refractivity (Wildman–Crippen MR) is 45.6 cm³/mol. The third-order valence-corrected chi connectivity index (χ3v) is 4.17. The molecular formula is C10H13NO2. The molecule has 2 aliphatic carbocycles. The number of fused-ring (bicyclic) bond motifs is 4. The van der Waals surface area contributed by atoms with Crippen molar-refractivity contribution in [3.8, 4) is 0 Å². The van der Waals surface area contributed by atoms with Gasteiger partial charge in [0.1, 0.15) is 0 Å². The fourth-order valence-electron chi connectivity index (χ4n) is 3.53. The van der Waals surface area contributed by atoms with E-state index in [1.807, 2.05) is 0 Å². The molecule has 0 spiro atoms. The first-order chi connectivity index (χ1) is 6.22. The van der Waals surface area contributed by atoms with E-state index in [4.69, 9.17) is 0 Å². The second-order valence-corrected chi connectivity index (χ2v) is 4.55. The van der Waals surface area contributed by atoms with Crippen LogP contribution >= 0.6 is 0 Å². The Balaban J connectivity index is 1.96. The molecule has 0 radical (unpaired) electrons. The largest absolute Gasteiger partial charge is 0.285 e. The fourth-order valence-corrected chi connectivity index (χ4v) is 3.53. The Morgan fingerprint density at radius 1 is 1.08 bits per heavy atom. The molecule has 3 nitrogen and oxygen atoms in total. The van der Waals surface area contributed by atoms with E-state index < -0.39 is 0 Å². The lowest BCUT2D eigenvalue weighted by molar-refractivity contribution is -0.137. The predicted octanol–water partition coefficient (Wildman–Crippen LogP) is 0.647. The van der Waals surface area contributed by atoms with E-state index in [1.165, 1.54) is 24.2 Å². The summed E-state index contributed by atoms with van der Waals surface area (Å²) in [6.07, 6.45) is 3.55. The monoisotopic (exact) mass is 179 g/mol. The Bertz CT molecular complexity index is 271. The lowest BCUT2D eigenvalue weighted by Crippen LogP contribution is -2.45. The number of hydrogen-bond acceptors (Lipinski definition) is 2. The van der Waals surface area contributed by atoms with Gasteiger partial charge in [-0.1, -0.05) is 6.42 Å². The van der Waals surface area contributed by atoms with E-state index in [-0.39, 0.29) is 23.7 Å². The van der Waals surface area contributed by atoms with Crippen LogP contribution in [0.1, 0.15) is 19.3 Å². The van der Waals surface area contributed by atoms with E-state index in [2.05, 4.69) is 0 Å². The summed E-state index contributed by atoms with van der Waals surface area (Å²) in [6, 6.07) is 0. The van der Waals surface area contributed by atoms with Crippen LogP contribution in [0.3, 0.4) is 0 Å². The van der Waals surface area contributed by atoms with Gasteiger partial charge in [0.25, 0.3) is 0 Å². The normalized spacial score (nSPS) is 47.6. The summed E-state index contributed by atoms with van der Waals surface area (Å²) in [5.74, 6) is 1.41. The second kappa shape index (κ2) is 2.14. The maximum absolute atomic E-state index is 11.6. The Labute approximate surface area is 77.1 Å². The summed E-state index contributed by atoms with van der Waals surface area (Å²) in [5.41, 5.74) is 0. The van der Waals surface area contributed by atoms with Crippen LogP contribution in [0.15, 0.2) is 0 Å². The van der Waals surface area contributed by atoms with Gasteiger partial charge in [-0.15, -0.1) is 0 Å². The summed E-state index contributed by atoms with van der Waals surface area (Å²) in [6.45, 7) is 0. The third kappa shape index (κ3) is 0.675. The van der Waals surface area contributed by atoms with Crippen LogP contribution in [-0.2, 0) is 9.59 Å². The van der Waals surface area contributed by atoms with Gasteiger partial charge in [-0.3, -0.25) is 14.5 Å². The van der Waals surface area contributed by atoms with Crippen molar-refractivity contribution in [2.45, 2.75) is 19.3 Å². The van der Waals surface area contributed by atoms with Gasteiger partial charge in [-0.25, -0.2) is 0 Å². The van der Waals surface area contributed by atoms with E-state index in [0.29, 0.717) is 11.8 Å². The maximum atomic E-state index is 11.6. The number of amides is 2. The van der Waals surface area contributed by atoms with E-state index in [9.17, 15) is 9.59 Å². The number of nitrogens with zero attached hydrogens (tertiary/aromatic N) is 1. The van der Waals surface area contributed by atoms with E-state index in [1.54, 1.807) is 7.05 Å². The smallest absolute Gasteiger partial charge is 0.233 e. The van der Waals surface area contributed by atoms with Gasteiger partial charge >= 0.3 is 0 Å². The van der Waals surface area contributed by atoms with E-state index >= 15 is 0 Å². The summed E-state index contributed by atoms with van der Waals surface area (Å²) in [4.78, 5) is 24.6. The Kier molecular flexibility index (Phi) is 1.24. The van der Waals surface area contributed by atoms with Crippen molar-refractivity contribution in [2.24, 2.45) is 23.7 Å². The molecule has 0 aromatic rings. The zero-order chi connectivity index (χ0) is 9.16. The molecule has 70 valence electrons. The van der Waals surface area contributed by atoms with Crippen LogP contribution in [-0.4, -0.2) is 23.8 Å². The number of likely N-dealkylation sites (tertiary alicyclic amines) is 1. The minimum absolute atomic E-state index is 0.0741. The van der Waals surface area contributed by atoms with Gasteiger partial charge in [0, 0.05) is 7.05 Å². The molecule has 3 heteroatoms. The van der Waals surface area contributed by atoms with Crippen molar-refractivity contribution in [3.05, 3.63) is 0 Å². The molecule has 3 rings (SSSR count). The van der Waals surface area contributed by atoms with Crippen molar-refractivity contribution in [2.75, 3.05) is 7.05 Å². The molecule has 0 unspecified atom stereocenters. The first kappa shape index (κ1) is 7.54. The summed E-state index contributed by atoms with van der Waals surface area (Å²) < 4.78 is 0. The summed E-state index contributed by atoms with van der Waals surface area (Å²) in [5, 5.41) is 0. The van der Waals surface area contributed by atoms with Gasteiger partial charge in [-0.2, -0.15) is 0 Å². The molecule has 3 aliphatic rings. The average Bonchev–Trinajstić information content (AvgIpc) is 2.54. The van der Waals surface area contributed by atoms with Crippen molar-refractivity contribution in [3.63, 3.8) is 0 Å². The lowest BCUT2D eigenvalue weighted by atomic mass is 9.59. The van der Waals surface area contributed by atoms with Gasteiger partial charge in [-0.05, 0) is 24.7 Å². The zero-order valence-electron chi connectivity index (χ0n) is 7.69. The summed E-state index contributed by atoms with van der Waals surface area (Å²) in [7, 11) is 1.62. The number of hydrogen-bond donors (Lipinski definition) is 0. The zero-order valence-corrected chi connectivity index (χ0v) is 7.69. The highest BCUT2D eigenvalue weighted by molar-refractivity contribution is 6.06. The molecule has 13 heavy (non-hydrogen) atoms. The van der Waals surface area contributed by atoms with Crippen LogP contribution in [0.5, 0.6) is 0 Å². The van der Waals surface area contributed by atoms with Gasteiger partial charge in [0.2, 0.25) is 11.8 Å². The van der Waals surface area contributed by atoms with Crippen LogP contribution in [0.2, 0.25) is 0 Å². The maximum Gasteiger partial charge on any atom is 0.233 e. The standard InChI is InChI=1S/C10H13NO2/c1-11-9(12)7-5-3-2-4-6(5)8(7)10(11)13/h5-8H,2-4H2,1H3/t5-,6+,7+,8-. The van der Waals surface area contributed by atoms with Gasteiger partial charge < -0.3 is 0 Å². The molecule has 3 fully saturated rings. The van der Waals surface area contributed by atoms with Crippen LogP contribution in [0.4, 0.5) is 0 Å². The highest BCUT2D eigenvalue weighted by Crippen LogP contribution is 2.58. The molecule has 2 saturated carbocycles. The molecule has 0 aromatic carbocycles. The SMILES string of the molecule is CN1C(=O)[C@@H]2[C@H]3CCC[C@H]3[C@@H]2C1=O. The molecular weight excluding hydrogens is 166 g/mol. The second-order valence-electron chi connectivity index (χ2n) is 4.55. The number of carbonyl (C=O) groups excluding carboxylic acids is 2. The van der Waals surface area contributed by atoms with Crippen LogP contribution < -0.4 is 0 Å². The number of imide groups is 1. The Morgan fingerprint density at radius 2 is 1.54 bits per heavy atom. The lowest BCUT2D eigenvalue weighted by Gasteiger charge is -2.41. The third-order valence-electron chi connectivity index (χ3n) is 4.17. The molecule has 0 N–H and O–H groups in total. The number of carbonyl (C=O) groups is 2. The summed E-state index contributed by atoms with van der Waals surface area (Å²) >= 11 is 0. The first-order valence-corrected chi connectivity index (χ1v) is 5.03. The minimum atomic E-state index is 0.0741. The Morgan fingerprint density at radius 3 is 2.00 bits per heavy atom. The van der Waals surface area contributed by atoms with Crippen molar-refractivity contribution in [1.82, 2.24) is 4.90 Å². The van der Waals surface area contributed by atoms with Gasteiger partial charge in [0.15, 0.2) is 0 Å². The van der Waals surface area contributed by atoms with E-state index in [0.717, 1.165) is 0 Å². The quantitative estimate of drug-likeness (QED) is 0.512. The molecule has 1 heterocycles. The highest BCUT2D eigenvalue weighted by atomic mass is 16.2. The van der Waals surface area contributed by atoms with Crippen LogP contribution in [0.25, 0.3) is 0 Å². The first-order valence-electron chi connectivity index (χ1n) is 5.03. The molecule has 0 aromatic heterocycles. The van der Waals surface area contributed by atoms with Crippen molar-refractivity contribution >= 4 is 11.8 Å². The molecule has 2 amide bonds. The Hall–Kier alpha value is -0.860. The molecule has 1 saturated heterocycles.